The molecule has 1 fully saturated rings. The molecule has 1 amide bonds. The molecule has 8 heteroatoms. The van der Waals surface area contributed by atoms with Crippen LogP contribution in [-0.4, -0.2) is 65.8 Å². The molecular formula is C29H42N6O2. The summed E-state index contributed by atoms with van der Waals surface area (Å²) in [5.41, 5.74) is 4.31. The largest absolute Gasteiger partial charge is 0.389 e. The Hall–Kier alpha value is -3.39. The number of nitrogens with zero attached hydrogens (tertiary/aromatic N) is 4. The van der Waals surface area contributed by atoms with Gasteiger partial charge in [-0.2, -0.15) is 4.98 Å². The Morgan fingerprint density at radius 2 is 1.95 bits per heavy atom. The first kappa shape index (κ1) is 28.2. The van der Waals surface area contributed by atoms with Gasteiger partial charge in [0.2, 0.25) is 11.9 Å². The fourth-order valence-corrected chi connectivity index (χ4v) is 4.59. The van der Waals surface area contributed by atoms with E-state index in [9.17, 15) is 4.79 Å². The molecule has 1 aliphatic rings. The minimum absolute atomic E-state index is 0.0988. The van der Waals surface area contributed by atoms with Gasteiger partial charge in [0.1, 0.15) is 5.82 Å². The fourth-order valence-electron chi connectivity index (χ4n) is 4.59. The number of H-pyrrole nitrogens is 1. The molecule has 0 aliphatic carbocycles. The molecule has 4 rings (SSSR count). The average molecular weight is 507 g/mol. The van der Waals surface area contributed by atoms with Crippen molar-refractivity contribution >= 4 is 28.6 Å². The van der Waals surface area contributed by atoms with Crippen molar-refractivity contribution in [1.29, 1.82) is 0 Å². The number of carbonyl (C=O) groups excluding carboxylic acids is 1. The van der Waals surface area contributed by atoms with Gasteiger partial charge in [-0.3, -0.25) is 4.79 Å². The predicted octanol–water partition coefficient (Wildman–Crippen LogP) is 4.16. The highest BCUT2D eigenvalue weighted by atomic mass is 16.3. The smallest absolute Gasteiger partial charge is 0.227 e. The van der Waals surface area contributed by atoms with Crippen molar-refractivity contribution < 1.29 is 9.90 Å². The zero-order valence-corrected chi connectivity index (χ0v) is 23.1. The van der Waals surface area contributed by atoms with Crippen LogP contribution in [0.3, 0.4) is 0 Å². The summed E-state index contributed by atoms with van der Waals surface area (Å²) in [5, 5.41) is 12.7. The Kier molecular flexibility index (Phi) is 10.1. The molecule has 0 saturated carbocycles. The number of anilines is 2. The van der Waals surface area contributed by atoms with E-state index in [0.29, 0.717) is 12.3 Å². The Bertz CT molecular complexity index is 1170. The number of piperidine rings is 1. The molecule has 3 heterocycles. The van der Waals surface area contributed by atoms with Gasteiger partial charge < -0.3 is 25.2 Å². The number of rotatable bonds is 7. The zero-order valence-electron chi connectivity index (χ0n) is 23.1. The zero-order chi connectivity index (χ0) is 26.9. The summed E-state index contributed by atoms with van der Waals surface area (Å²) in [5.74, 6) is 2.33. The quantitative estimate of drug-likeness (QED) is 0.417. The highest BCUT2D eigenvalue weighted by Gasteiger charge is 2.23. The molecule has 1 aliphatic heterocycles. The van der Waals surface area contributed by atoms with Gasteiger partial charge in [-0.05, 0) is 69.7 Å². The molecule has 3 aromatic rings. The number of nitrogens with one attached hydrogen (secondary N) is 2. The van der Waals surface area contributed by atoms with Gasteiger partial charge in [0.05, 0.1) is 18.0 Å². The molecule has 1 aromatic carbocycles. The van der Waals surface area contributed by atoms with Gasteiger partial charge in [0, 0.05) is 51.0 Å². The monoisotopic (exact) mass is 506 g/mol. The molecule has 0 bridgehead atoms. The van der Waals surface area contributed by atoms with Crippen LogP contribution in [0.2, 0.25) is 0 Å². The molecular weight excluding hydrogens is 464 g/mol. The number of aromatic amines is 1. The number of aryl methyl sites for hydroxylation is 2. The van der Waals surface area contributed by atoms with Crippen LogP contribution in [0.4, 0.5) is 11.8 Å². The summed E-state index contributed by atoms with van der Waals surface area (Å²) in [6.07, 6.45) is 7.72. The summed E-state index contributed by atoms with van der Waals surface area (Å²) >= 11 is 0. The maximum Gasteiger partial charge on any atom is 0.227 e. The third-order valence-electron chi connectivity index (χ3n) is 6.72. The van der Waals surface area contributed by atoms with Crippen LogP contribution >= 0.6 is 0 Å². The SMILES string of the molecule is C/C=C\C(C)O.Cc1c[nH]c(C)c1CC(=O)NCC1CCN(c2nc(N(C)C)c3ccccc3n2)CC1. The number of aliphatic hydroxyl groups excluding tert-OH is 1. The second-order valence-electron chi connectivity index (χ2n) is 10.0. The van der Waals surface area contributed by atoms with Gasteiger partial charge in [0.25, 0.3) is 0 Å². The maximum absolute atomic E-state index is 12.4. The van der Waals surface area contributed by atoms with Crippen molar-refractivity contribution in [2.45, 2.75) is 53.1 Å². The number of benzene rings is 1. The minimum atomic E-state index is -0.282. The summed E-state index contributed by atoms with van der Waals surface area (Å²) in [6.45, 7) is 10.2. The summed E-state index contributed by atoms with van der Waals surface area (Å²) in [4.78, 5) is 29.6. The van der Waals surface area contributed by atoms with E-state index in [1.54, 1.807) is 13.0 Å². The highest BCUT2D eigenvalue weighted by molar-refractivity contribution is 5.90. The normalized spacial score (nSPS) is 14.9. The number of hydrogen-bond acceptors (Lipinski definition) is 6. The van der Waals surface area contributed by atoms with Gasteiger partial charge in [-0.25, -0.2) is 4.98 Å². The minimum Gasteiger partial charge on any atom is -0.389 e. The van der Waals surface area contributed by atoms with Gasteiger partial charge >= 0.3 is 0 Å². The van der Waals surface area contributed by atoms with E-state index in [1.165, 1.54) is 0 Å². The van der Waals surface area contributed by atoms with Crippen LogP contribution < -0.4 is 15.1 Å². The second-order valence-corrected chi connectivity index (χ2v) is 10.0. The van der Waals surface area contributed by atoms with Gasteiger partial charge in [-0.1, -0.05) is 24.3 Å². The van der Waals surface area contributed by atoms with E-state index in [0.717, 1.165) is 72.0 Å². The molecule has 1 atom stereocenters. The lowest BCUT2D eigenvalue weighted by Gasteiger charge is -2.32. The Morgan fingerprint density at radius 1 is 1.24 bits per heavy atom. The van der Waals surface area contributed by atoms with Crippen LogP contribution in [0.5, 0.6) is 0 Å². The van der Waals surface area contributed by atoms with Crippen LogP contribution in [0.25, 0.3) is 10.9 Å². The van der Waals surface area contributed by atoms with Crippen LogP contribution in [-0.2, 0) is 11.2 Å². The van der Waals surface area contributed by atoms with E-state index in [-0.39, 0.29) is 12.0 Å². The fraction of sp³-hybridized carbons (Fsp3) is 0.483. The first-order valence-electron chi connectivity index (χ1n) is 13.1. The van der Waals surface area contributed by atoms with Crippen molar-refractivity contribution in [3.63, 3.8) is 0 Å². The van der Waals surface area contributed by atoms with E-state index in [4.69, 9.17) is 15.1 Å². The highest BCUT2D eigenvalue weighted by Crippen LogP contribution is 2.27. The summed E-state index contributed by atoms with van der Waals surface area (Å²) in [6, 6.07) is 8.16. The number of fused-ring (bicyclic) bond motifs is 1. The number of aliphatic hydroxyl groups is 1. The third-order valence-corrected chi connectivity index (χ3v) is 6.72. The number of allylic oxidation sites excluding steroid dienone is 1. The predicted molar refractivity (Wildman–Crippen MR) is 152 cm³/mol. The molecule has 1 saturated heterocycles. The first-order chi connectivity index (χ1) is 17.7. The number of amides is 1. The van der Waals surface area contributed by atoms with E-state index >= 15 is 0 Å². The third kappa shape index (κ3) is 7.79. The molecule has 0 spiro atoms. The molecule has 8 nitrogen and oxygen atoms in total. The average Bonchev–Trinajstić information content (AvgIpc) is 3.19. The van der Waals surface area contributed by atoms with Crippen LogP contribution in [0.1, 0.15) is 43.5 Å². The lowest BCUT2D eigenvalue weighted by Crippen LogP contribution is -2.39. The van der Waals surface area contributed by atoms with Crippen molar-refractivity contribution in [3.8, 4) is 0 Å². The van der Waals surface area contributed by atoms with Gasteiger partial charge in [-0.15, -0.1) is 0 Å². The first-order valence-corrected chi connectivity index (χ1v) is 13.1. The van der Waals surface area contributed by atoms with Crippen LogP contribution in [0.15, 0.2) is 42.6 Å². The summed E-state index contributed by atoms with van der Waals surface area (Å²) in [7, 11) is 4.04. The molecule has 2 aromatic heterocycles. The second kappa shape index (κ2) is 13.2. The Labute approximate surface area is 220 Å². The molecule has 37 heavy (non-hydrogen) atoms. The van der Waals surface area contributed by atoms with Crippen LogP contribution in [0, 0.1) is 19.8 Å². The van der Waals surface area contributed by atoms with Crippen molar-refractivity contribution in [1.82, 2.24) is 20.3 Å². The standard InChI is InChI=1S/C24H32N6O.C5H10O/c1-16-14-25-17(2)20(16)13-22(31)26-15-18-9-11-30(12-10-18)24-27-21-8-6-5-7-19(21)23(28-24)29(3)4;1-3-4-5(2)6/h5-8,14,18,25H,9-13,15H2,1-4H3,(H,26,31);3-6H,1-2H3/b;4-3-. The topological polar surface area (TPSA) is 97.4 Å². The van der Waals surface area contributed by atoms with E-state index in [2.05, 4.69) is 21.3 Å². The molecule has 3 N–H and O–H groups in total. The Morgan fingerprint density at radius 3 is 2.51 bits per heavy atom. The lowest BCUT2D eigenvalue weighted by atomic mass is 9.97. The maximum atomic E-state index is 12.4. The Balaban J connectivity index is 0.000000568. The number of para-hydroxylation sites is 1. The number of aromatic nitrogens is 3. The van der Waals surface area contributed by atoms with Crippen molar-refractivity contribution in [2.75, 3.05) is 43.5 Å². The molecule has 200 valence electrons. The molecule has 1 unspecified atom stereocenters. The van der Waals surface area contributed by atoms with Crippen molar-refractivity contribution in [2.24, 2.45) is 5.92 Å². The molecule has 0 radical (unpaired) electrons. The number of carbonyl (C=O) groups is 1. The number of hydrogen-bond donors (Lipinski definition) is 3. The lowest BCUT2D eigenvalue weighted by molar-refractivity contribution is -0.120. The van der Waals surface area contributed by atoms with Crippen molar-refractivity contribution in [3.05, 3.63) is 59.4 Å². The summed E-state index contributed by atoms with van der Waals surface area (Å²) < 4.78 is 0. The van der Waals surface area contributed by atoms with E-state index in [1.807, 2.05) is 70.2 Å². The van der Waals surface area contributed by atoms with Gasteiger partial charge in [0.15, 0.2) is 0 Å². The van der Waals surface area contributed by atoms with E-state index < -0.39 is 0 Å².